The van der Waals surface area contributed by atoms with Crippen LogP contribution in [0, 0.1) is 11.3 Å². The number of nitrogens with zero attached hydrogens (tertiary/aromatic N) is 3. The summed E-state index contributed by atoms with van der Waals surface area (Å²) in [7, 11) is 5.21. The molecule has 6 aliphatic rings. The van der Waals surface area contributed by atoms with Crippen LogP contribution in [-0.4, -0.2) is 74.6 Å². The van der Waals surface area contributed by atoms with Crippen LogP contribution in [0.5, 0.6) is 0 Å². The molecule has 0 aromatic heterocycles. The van der Waals surface area contributed by atoms with Gasteiger partial charge in [0.25, 0.3) is 0 Å². The molecular weight excluding hydrogens is 692 g/mol. The molecule has 0 aromatic carbocycles. The number of rotatable bonds is 8. The Labute approximate surface area is 313 Å². The molecule has 0 saturated carbocycles. The molecule has 8 bridgehead atoms. The highest BCUT2D eigenvalue weighted by Crippen LogP contribution is 2.55. The molecule has 1 saturated heterocycles. The highest BCUT2D eigenvalue weighted by atomic mass is 16.5. The summed E-state index contributed by atoms with van der Waals surface area (Å²) in [5, 5.41) is 14.0. The molecule has 13 heteroatoms. The van der Waals surface area contributed by atoms with Crippen LogP contribution in [0.4, 0.5) is 0 Å². The lowest BCUT2D eigenvalue weighted by molar-refractivity contribution is -0.150. The topological polar surface area (TPSA) is 175 Å². The average Bonchev–Trinajstić information content (AvgIpc) is 3.82. The van der Waals surface area contributed by atoms with Crippen molar-refractivity contribution in [2.24, 2.45) is 26.3 Å². The third-order valence-electron chi connectivity index (χ3n) is 10.8. The summed E-state index contributed by atoms with van der Waals surface area (Å²) in [5.41, 5.74) is 8.52. The second-order valence-corrected chi connectivity index (χ2v) is 13.6. The summed E-state index contributed by atoms with van der Waals surface area (Å²) in [4.78, 5) is 66.4. The number of hydrogen-bond donors (Lipinski definition) is 2. The van der Waals surface area contributed by atoms with Crippen molar-refractivity contribution in [1.82, 2.24) is 5.32 Å². The lowest BCUT2D eigenvalue weighted by Crippen LogP contribution is -2.41. The van der Waals surface area contributed by atoms with Gasteiger partial charge in [-0.2, -0.15) is 0 Å². The molecule has 0 amide bonds. The number of allylic oxidation sites excluding steroid dienone is 14. The van der Waals surface area contributed by atoms with E-state index < -0.39 is 23.3 Å². The number of fused-ring (bicyclic) bond motifs is 8. The van der Waals surface area contributed by atoms with Crippen molar-refractivity contribution in [3.63, 3.8) is 0 Å². The zero-order valence-electron chi connectivity index (χ0n) is 31.5. The van der Waals surface area contributed by atoms with Crippen LogP contribution < -0.4 is 5.32 Å². The first-order valence-corrected chi connectivity index (χ1v) is 17.4. The van der Waals surface area contributed by atoms with Crippen LogP contribution in [-0.2, 0) is 38.1 Å². The second kappa shape index (κ2) is 14.7. The van der Waals surface area contributed by atoms with Gasteiger partial charge in [-0.15, -0.1) is 0 Å². The van der Waals surface area contributed by atoms with Crippen LogP contribution in [0.3, 0.4) is 0 Å². The predicted molar refractivity (Wildman–Crippen MR) is 201 cm³/mol. The maximum absolute atomic E-state index is 13.7. The highest BCUT2D eigenvalue weighted by molar-refractivity contribution is 6.17. The Balaban J connectivity index is 1.64. The molecule has 0 unspecified atom stereocenters. The van der Waals surface area contributed by atoms with Crippen molar-refractivity contribution >= 4 is 41.0 Å². The molecule has 0 aromatic rings. The molecular formula is C41H42N4O9. The van der Waals surface area contributed by atoms with Gasteiger partial charge in [-0.05, 0) is 98.3 Å². The van der Waals surface area contributed by atoms with Gasteiger partial charge in [0.15, 0.2) is 0 Å². The number of aliphatic imine (C=N–C) groups is 3. The van der Waals surface area contributed by atoms with E-state index in [1.807, 2.05) is 45.9 Å². The normalized spacial score (nSPS) is 23.6. The van der Waals surface area contributed by atoms with E-state index in [0.717, 1.165) is 28.6 Å². The van der Waals surface area contributed by atoms with Gasteiger partial charge >= 0.3 is 23.9 Å². The Hall–Kier alpha value is -6.11. The van der Waals surface area contributed by atoms with Gasteiger partial charge in [-0.1, -0.05) is 12.2 Å². The molecule has 1 fully saturated rings. The third-order valence-corrected chi connectivity index (χ3v) is 10.8. The van der Waals surface area contributed by atoms with Gasteiger partial charge in [-0.3, -0.25) is 14.4 Å². The number of aliphatic hydroxyl groups is 1. The van der Waals surface area contributed by atoms with Crippen LogP contribution in [0.15, 0.2) is 131 Å². The molecule has 280 valence electrons. The van der Waals surface area contributed by atoms with Crippen molar-refractivity contribution in [1.29, 1.82) is 0 Å². The van der Waals surface area contributed by atoms with Crippen molar-refractivity contribution in [2.75, 3.05) is 28.4 Å². The van der Waals surface area contributed by atoms with E-state index in [4.69, 9.17) is 33.9 Å². The van der Waals surface area contributed by atoms with E-state index in [1.165, 1.54) is 28.4 Å². The molecule has 0 spiro atoms. The Morgan fingerprint density at radius 3 is 2.06 bits per heavy atom. The number of hydrogen-bond acceptors (Lipinski definition) is 13. The number of carbonyl (C=O) groups is 4. The zero-order chi connectivity index (χ0) is 39.1. The van der Waals surface area contributed by atoms with Crippen LogP contribution in [0.1, 0.15) is 53.4 Å². The van der Waals surface area contributed by atoms with E-state index in [-0.39, 0.29) is 30.4 Å². The number of nitrogens with one attached hydrogen (secondary N) is 1. The minimum atomic E-state index is -1.19. The summed E-state index contributed by atoms with van der Waals surface area (Å²) >= 11 is 0. The molecule has 5 aliphatic heterocycles. The number of methoxy groups -OCH3 is 4. The lowest BCUT2D eigenvalue weighted by atomic mass is 9.64. The van der Waals surface area contributed by atoms with Gasteiger partial charge < -0.3 is 29.4 Å². The van der Waals surface area contributed by atoms with E-state index in [9.17, 15) is 24.3 Å². The zero-order valence-corrected chi connectivity index (χ0v) is 31.5. The van der Waals surface area contributed by atoms with Gasteiger partial charge in [-0.25, -0.2) is 19.8 Å². The van der Waals surface area contributed by atoms with Crippen molar-refractivity contribution in [3.05, 3.63) is 116 Å². The fourth-order valence-electron chi connectivity index (χ4n) is 7.62. The van der Waals surface area contributed by atoms with Gasteiger partial charge in [0.1, 0.15) is 5.92 Å². The monoisotopic (exact) mass is 734 g/mol. The van der Waals surface area contributed by atoms with Gasteiger partial charge in [0, 0.05) is 29.8 Å². The Morgan fingerprint density at radius 2 is 1.43 bits per heavy atom. The number of aliphatic hydroxyl groups excluding tert-OH is 1. The average molecular weight is 735 g/mol. The molecule has 2 N–H and O–H groups in total. The third kappa shape index (κ3) is 6.33. The molecule has 6 rings (SSSR count). The highest BCUT2D eigenvalue weighted by Gasteiger charge is 2.55. The summed E-state index contributed by atoms with van der Waals surface area (Å²) < 4.78 is 20.3. The molecule has 1 aliphatic carbocycles. The van der Waals surface area contributed by atoms with Crippen molar-refractivity contribution in [2.45, 2.75) is 53.4 Å². The van der Waals surface area contributed by atoms with E-state index >= 15 is 0 Å². The Bertz CT molecular complexity index is 2210. The van der Waals surface area contributed by atoms with Crippen LogP contribution >= 0.6 is 0 Å². The van der Waals surface area contributed by atoms with Gasteiger partial charge in [0.05, 0.1) is 79.9 Å². The molecule has 0 radical (unpaired) electrons. The summed E-state index contributed by atoms with van der Waals surface area (Å²) in [6.45, 7) is 7.53. The number of carbonyl (C=O) groups excluding carboxylic acids is 4. The second-order valence-electron chi connectivity index (χ2n) is 13.6. The van der Waals surface area contributed by atoms with Crippen molar-refractivity contribution in [3.8, 4) is 0 Å². The number of esters is 4. The minimum Gasteiger partial charge on any atom is -0.515 e. The Kier molecular flexibility index (Phi) is 10.3. The first-order valence-electron chi connectivity index (χ1n) is 17.4. The van der Waals surface area contributed by atoms with Gasteiger partial charge in [0.2, 0.25) is 0 Å². The summed E-state index contributed by atoms with van der Waals surface area (Å²) in [6.07, 6.45) is 12.6. The fourth-order valence-corrected chi connectivity index (χ4v) is 7.62. The van der Waals surface area contributed by atoms with Crippen LogP contribution in [0.2, 0.25) is 0 Å². The Morgan fingerprint density at radius 1 is 0.759 bits per heavy atom. The quantitative estimate of drug-likeness (QED) is 0.182. The van der Waals surface area contributed by atoms with Crippen LogP contribution in [0.25, 0.3) is 0 Å². The molecule has 13 nitrogen and oxygen atoms in total. The largest absolute Gasteiger partial charge is 0.515 e. The van der Waals surface area contributed by atoms with E-state index in [2.05, 4.69) is 5.32 Å². The molecule has 54 heavy (non-hydrogen) atoms. The standard InChI is InChI=1S/C41H42N4O9/c1-20-23(10-13-36(47)51-5)31-17-32-24(11-14-37(48)52-6)21(2)30(43-32)16-34-27-12-9-25(39(49)53-7)38(40(50)54-8)41(27,4)35(45-34)18-33-26(19-46)22(3)29(44-33)15-28(20)42-31/h9,12,15-19,38,45-46H,10-11,13-14H2,1-8H3/b26-19-,28-15?,32-17?,34-16?,35-18?/t38-,41+/m0/s1. The first-order chi connectivity index (χ1) is 25.8. The maximum atomic E-state index is 13.7. The van der Waals surface area contributed by atoms with E-state index in [0.29, 0.717) is 75.2 Å². The molecule has 2 atom stereocenters. The SMILES string of the molecule is COC(=O)CCC1=C(C)C2=NC1=CC1=NC(=CC3=C(C)/C(=C/O)C(=N3)C=C3NC(=C2)C2=CC=C(C(=O)OC)[C@@H](C(=O)OC)[C@@]32C)C(C)=C1CCC(=O)OC. The summed E-state index contributed by atoms with van der Waals surface area (Å²) in [5.74, 6) is -3.16. The lowest BCUT2D eigenvalue weighted by Gasteiger charge is -2.36. The minimum absolute atomic E-state index is 0.117. The fraction of sp³-hybridized carbons (Fsp3) is 0.341. The molecule has 5 heterocycles. The number of ether oxygens (including phenoxy) is 4. The van der Waals surface area contributed by atoms with Crippen molar-refractivity contribution < 1.29 is 43.2 Å². The van der Waals surface area contributed by atoms with E-state index in [1.54, 1.807) is 18.2 Å². The maximum Gasteiger partial charge on any atom is 0.334 e. The predicted octanol–water partition coefficient (Wildman–Crippen LogP) is 5.59. The summed E-state index contributed by atoms with van der Waals surface area (Å²) in [6, 6.07) is 0. The smallest absolute Gasteiger partial charge is 0.334 e. The first kappa shape index (κ1) is 37.6.